The van der Waals surface area contributed by atoms with Gasteiger partial charge in [0.05, 0.1) is 12.5 Å². The van der Waals surface area contributed by atoms with Crippen molar-refractivity contribution in [1.82, 2.24) is 0 Å². The van der Waals surface area contributed by atoms with Crippen LogP contribution in [0.2, 0.25) is 5.02 Å². The summed E-state index contributed by atoms with van der Waals surface area (Å²) in [7, 11) is 0. The summed E-state index contributed by atoms with van der Waals surface area (Å²) in [6, 6.07) is 12.8. The highest BCUT2D eigenvalue weighted by molar-refractivity contribution is 6.30. The molecule has 1 N–H and O–H groups in total. The maximum Gasteiger partial charge on any atom is 0.311 e. The summed E-state index contributed by atoms with van der Waals surface area (Å²) >= 11 is 5.84. The molecule has 3 nitrogen and oxygen atoms in total. The van der Waals surface area contributed by atoms with E-state index in [4.69, 9.17) is 16.3 Å². The van der Waals surface area contributed by atoms with E-state index >= 15 is 0 Å². The molecule has 2 rings (SSSR count). The Balaban J connectivity index is 1.99. The largest absolute Gasteiger partial charge is 0.494 e. The summed E-state index contributed by atoms with van der Waals surface area (Å²) in [6.07, 6.45) is 0.407. The molecule has 4 heteroatoms. The minimum atomic E-state index is -0.856. The van der Waals surface area contributed by atoms with Crippen LogP contribution in [-0.2, 0) is 4.79 Å². The normalized spacial score (nSPS) is 12.0. The maximum absolute atomic E-state index is 11.4. The lowest BCUT2D eigenvalue weighted by Crippen LogP contribution is -2.15. The Morgan fingerprint density at radius 1 is 1.14 bits per heavy atom. The number of hydrogen-bond acceptors (Lipinski definition) is 2. The minimum Gasteiger partial charge on any atom is -0.494 e. The Bertz CT molecular complexity index is 650. The molecule has 0 spiro atoms. The first kappa shape index (κ1) is 16.4. The van der Waals surface area contributed by atoms with Gasteiger partial charge in [-0.25, -0.2) is 0 Å². The fourth-order valence-electron chi connectivity index (χ4n) is 2.23. The van der Waals surface area contributed by atoms with Crippen molar-refractivity contribution in [2.75, 3.05) is 6.61 Å². The molecule has 0 radical (unpaired) electrons. The first-order valence-electron chi connectivity index (χ1n) is 7.15. The molecule has 0 aromatic heterocycles. The Morgan fingerprint density at radius 3 is 2.41 bits per heavy atom. The van der Waals surface area contributed by atoms with Gasteiger partial charge in [-0.3, -0.25) is 4.79 Å². The predicted molar refractivity (Wildman–Crippen MR) is 87.9 cm³/mol. The van der Waals surface area contributed by atoms with Crippen LogP contribution in [0, 0.1) is 13.8 Å². The van der Waals surface area contributed by atoms with E-state index in [-0.39, 0.29) is 0 Å². The number of halogens is 1. The molecule has 0 saturated heterocycles. The van der Waals surface area contributed by atoms with Gasteiger partial charge in [-0.2, -0.15) is 0 Å². The molecule has 2 aromatic rings. The van der Waals surface area contributed by atoms with Crippen LogP contribution in [0.3, 0.4) is 0 Å². The zero-order valence-corrected chi connectivity index (χ0v) is 13.4. The number of ether oxygens (including phenoxy) is 1. The molecule has 0 aliphatic heterocycles. The summed E-state index contributed by atoms with van der Waals surface area (Å²) in [5, 5.41) is 9.98. The molecule has 0 amide bonds. The highest BCUT2D eigenvalue weighted by Gasteiger charge is 2.19. The molecule has 2 aromatic carbocycles. The van der Waals surface area contributed by atoms with Crippen molar-refractivity contribution in [3.63, 3.8) is 0 Å². The van der Waals surface area contributed by atoms with Gasteiger partial charge in [0.1, 0.15) is 5.75 Å². The third kappa shape index (κ3) is 4.25. The lowest BCUT2D eigenvalue weighted by atomic mass is 9.96. The first-order chi connectivity index (χ1) is 10.5. The van der Waals surface area contributed by atoms with Gasteiger partial charge in [0.15, 0.2) is 0 Å². The van der Waals surface area contributed by atoms with Crippen LogP contribution in [0.1, 0.15) is 29.0 Å². The molecular formula is C18H19ClO3. The smallest absolute Gasteiger partial charge is 0.311 e. The average molecular weight is 319 g/mol. The molecule has 22 heavy (non-hydrogen) atoms. The zero-order chi connectivity index (χ0) is 16.1. The van der Waals surface area contributed by atoms with Gasteiger partial charge in [-0.15, -0.1) is 0 Å². The van der Waals surface area contributed by atoms with Gasteiger partial charge < -0.3 is 9.84 Å². The Hall–Kier alpha value is -2.00. The van der Waals surface area contributed by atoms with Crippen molar-refractivity contribution in [3.05, 3.63) is 64.2 Å². The fourth-order valence-corrected chi connectivity index (χ4v) is 2.35. The monoisotopic (exact) mass is 318 g/mol. The molecule has 0 heterocycles. The summed E-state index contributed by atoms with van der Waals surface area (Å²) < 4.78 is 5.68. The van der Waals surface area contributed by atoms with E-state index in [9.17, 15) is 9.90 Å². The summed E-state index contributed by atoms with van der Waals surface area (Å²) in [5.74, 6) is -0.682. The van der Waals surface area contributed by atoms with Crippen LogP contribution in [0.5, 0.6) is 5.75 Å². The van der Waals surface area contributed by atoms with Gasteiger partial charge in [0.25, 0.3) is 0 Å². The second-order valence-corrected chi connectivity index (χ2v) is 5.76. The zero-order valence-electron chi connectivity index (χ0n) is 12.7. The van der Waals surface area contributed by atoms with Crippen molar-refractivity contribution >= 4 is 17.6 Å². The van der Waals surface area contributed by atoms with Gasteiger partial charge in [-0.05, 0) is 61.2 Å². The van der Waals surface area contributed by atoms with E-state index in [1.54, 1.807) is 24.3 Å². The number of aliphatic carboxylic acids is 1. The van der Waals surface area contributed by atoms with Crippen LogP contribution < -0.4 is 4.74 Å². The molecule has 0 aliphatic carbocycles. The van der Waals surface area contributed by atoms with Gasteiger partial charge >= 0.3 is 5.97 Å². The predicted octanol–water partition coefficient (Wildman–Crippen LogP) is 4.59. The number of rotatable bonds is 6. The Kier molecular flexibility index (Phi) is 5.45. The summed E-state index contributed by atoms with van der Waals surface area (Å²) in [6.45, 7) is 4.41. The van der Waals surface area contributed by atoms with Gasteiger partial charge in [0.2, 0.25) is 0 Å². The van der Waals surface area contributed by atoms with Crippen molar-refractivity contribution < 1.29 is 14.6 Å². The van der Waals surface area contributed by atoms with Crippen LogP contribution in [0.15, 0.2) is 42.5 Å². The van der Waals surface area contributed by atoms with Crippen LogP contribution >= 0.6 is 11.6 Å². The minimum absolute atomic E-state index is 0.349. The Morgan fingerprint density at radius 2 is 1.82 bits per heavy atom. The summed E-state index contributed by atoms with van der Waals surface area (Å²) in [5.41, 5.74) is 3.10. The number of benzene rings is 2. The SMILES string of the molecule is Cc1ccc(OCCC(C(=O)O)c2ccc(Cl)cc2)cc1C. The highest BCUT2D eigenvalue weighted by Crippen LogP contribution is 2.23. The Labute approximate surface area is 135 Å². The molecule has 0 bridgehead atoms. The summed E-state index contributed by atoms with van der Waals surface area (Å²) in [4.78, 5) is 11.4. The molecule has 1 atom stereocenters. The molecule has 0 fully saturated rings. The number of carboxylic acid groups (broad SMARTS) is 1. The second-order valence-electron chi connectivity index (χ2n) is 5.33. The topological polar surface area (TPSA) is 46.5 Å². The van der Waals surface area contributed by atoms with Crippen LogP contribution in [0.4, 0.5) is 0 Å². The van der Waals surface area contributed by atoms with E-state index in [0.717, 1.165) is 16.9 Å². The third-order valence-electron chi connectivity index (χ3n) is 3.72. The van der Waals surface area contributed by atoms with Crippen LogP contribution in [0.25, 0.3) is 0 Å². The molecule has 1 unspecified atom stereocenters. The molecule has 116 valence electrons. The lowest BCUT2D eigenvalue weighted by Gasteiger charge is -2.14. The number of hydrogen-bond donors (Lipinski definition) is 1. The number of carbonyl (C=O) groups is 1. The maximum atomic E-state index is 11.4. The second kappa shape index (κ2) is 7.32. The lowest BCUT2D eigenvalue weighted by molar-refractivity contribution is -0.139. The van der Waals surface area contributed by atoms with E-state index < -0.39 is 11.9 Å². The van der Waals surface area contributed by atoms with E-state index in [0.29, 0.717) is 18.1 Å². The van der Waals surface area contributed by atoms with Gasteiger partial charge in [0, 0.05) is 5.02 Å². The van der Waals surface area contributed by atoms with E-state index in [2.05, 4.69) is 0 Å². The highest BCUT2D eigenvalue weighted by atomic mass is 35.5. The van der Waals surface area contributed by atoms with Crippen molar-refractivity contribution in [3.8, 4) is 5.75 Å². The number of aryl methyl sites for hydroxylation is 2. The van der Waals surface area contributed by atoms with Crippen molar-refractivity contribution in [2.24, 2.45) is 0 Å². The molecule has 0 saturated carbocycles. The standard InChI is InChI=1S/C18H19ClO3/c1-12-3-8-16(11-13(12)2)22-10-9-17(18(20)21)14-4-6-15(19)7-5-14/h3-8,11,17H,9-10H2,1-2H3,(H,20,21). The van der Waals surface area contributed by atoms with E-state index in [1.807, 2.05) is 32.0 Å². The third-order valence-corrected chi connectivity index (χ3v) is 3.98. The van der Waals surface area contributed by atoms with Crippen molar-refractivity contribution in [2.45, 2.75) is 26.2 Å². The quantitative estimate of drug-likeness (QED) is 0.847. The average Bonchev–Trinajstić information content (AvgIpc) is 2.48. The fraction of sp³-hybridized carbons (Fsp3) is 0.278. The molecule has 0 aliphatic rings. The number of carboxylic acids is 1. The van der Waals surface area contributed by atoms with Crippen LogP contribution in [-0.4, -0.2) is 17.7 Å². The van der Waals surface area contributed by atoms with E-state index in [1.165, 1.54) is 5.56 Å². The first-order valence-corrected chi connectivity index (χ1v) is 7.53. The van der Waals surface area contributed by atoms with Gasteiger partial charge in [-0.1, -0.05) is 29.8 Å². The van der Waals surface area contributed by atoms with Crippen molar-refractivity contribution in [1.29, 1.82) is 0 Å². The molecular weight excluding hydrogens is 300 g/mol.